The van der Waals surface area contributed by atoms with Crippen molar-refractivity contribution in [3.8, 4) is 11.5 Å². The minimum Gasteiger partial charge on any atom is -0.508 e. The van der Waals surface area contributed by atoms with Gasteiger partial charge in [0, 0.05) is 5.92 Å². The third-order valence-electron chi connectivity index (χ3n) is 12.5. The van der Waals surface area contributed by atoms with E-state index in [-0.39, 0.29) is 41.5 Å². The van der Waals surface area contributed by atoms with E-state index < -0.39 is 22.0 Å². The van der Waals surface area contributed by atoms with Gasteiger partial charge in [0.25, 0.3) is 0 Å². The van der Waals surface area contributed by atoms with Crippen LogP contribution in [0.3, 0.4) is 0 Å². The summed E-state index contributed by atoms with van der Waals surface area (Å²) in [6, 6.07) is 19.5. The van der Waals surface area contributed by atoms with Crippen LogP contribution in [0, 0.1) is 34.5 Å². The van der Waals surface area contributed by atoms with Crippen molar-refractivity contribution in [1.29, 1.82) is 0 Å². The molecular weight excluding hydrogens is 652 g/mol. The Labute approximate surface area is 312 Å². The minimum absolute atomic E-state index is 0.0432. The summed E-state index contributed by atoms with van der Waals surface area (Å²) < 4.78 is 11.0. The van der Waals surface area contributed by atoms with E-state index in [2.05, 4.69) is 50.2 Å². The number of benzene rings is 3. The largest absolute Gasteiger partial charge is 0.508 e. The van der Waals surface area contributed by atoms with E-state index in [1.807, 2.05) is 69.2 Å². The van der Waals surface area contributed by atoms with Gasteiger partial charge in [0.1, 0.15) is 17.6 Å². The van der Waals surface area contributed by atoms with Crippen molar-refractivity contribution in [3.05, 3.63) is 71.8 Å². The number of carbonyl (C=O) groups excluding carboxylic acids is 2. The Kier molecular flexibility index (Phi) is 12.3. The predicted octanol–water partition coefficient (Wildman–Crippen LogP) is 9.94. The van der Waals surface area contributed by atoms with Gasteiger partial charge in [0.15, 0.2) is 0 Å². The first kappa shape index (κ1) is 41.3. The lowest BCUT2D eigenvalue weighted by Crippen LogP contribution is -2.52. The number of phenolic OH excluding ortho intramolecular Hbond substituents is 1. The SMILES string of the molecule is CC1c2cccc3cccc(c23)C1C.CCC(C)(C)C(=O)O[C@H]1C[C@H]2C[C@@H]1[C@H](C(C)(C)O)[C@@H]2C(C)(C)O.CCC(C)(C)C(=O)Oc1ccc(O)cc1. The molecule has 3 aliphatic rings. The molecule has 0 heterocycles. The molecular formula is C45H64O7. The Morgan fingerprint density at radius 1 is 0.692 bits per heavy atom. The van der Waals surface area contributed by atoms with Crippen LogP contribution in [-0.4, -0.2) is 44.6 Å². The zero-order valence-electron chi connectivity index (χ0n) is 33.6. The smallest absolute Gasteiger partial charge is 0.316 e. The zero-order valence-corrected chi connectivity index (χ0v) is 33.6. The number of esters is 2. The molecule has 3 aromatic carbocycles. The van der Waals surface area contributed by atoms with Crippen LogP contribution >= 0.6 is 0 Å². The van der Waals surface area contributed by atoms with Crippen LogP contribution in [0.4, 0.5) is 0 Å². The molecule has 6 rings (SSSR count). The second-order valence-corrected chi connectivity index (χ2v) is 17.9. The van der Waals surface area contributed by atoms with Crippen molar-refractivity contribution in [3.63, 3.8) is 0 Å². The molecule has 2 saturated carbocycles. The first-order valence-electron chi connectivity index (χ1n) is 19.2. The van der Waals surface area contributed by atoms with Crippen LogP contribution in [0.1, 0.15) is 132 Å². The molecule has 0 aromatic heterocycles. The van der Waals surface area contributed by atoms with Crippen LogP contribution < -0.4 is 4.74 Å². The van der Waals surface area contributed by atoms with Gasteiger partial charge in [-0.3, -0.25) is 9.59 Å². The van der Waals surface area contributed by atoms with Crippen LogP contribution in [0.5, 0.6) is 11.5 Å². The molecule has 286 valence electrons. The second kappa shape index (κ2) is 15.5. The van der Waals surface area contributed by atoms with E-state index in [0.29, 0.717) is 23.5 Å². The summed E-state index contributed by atoms with van der Waals surface area (Å²) in [5.41, 5.74) is 0.396. The monoisotopic (exact) mass is 716 g/mol. The van der Waals surface area contributed by atoms with Gasteiger partial charge in [-0.25, -0.2) is 0 Å². The molecule has 7 atom stereocenters. The summed E-state index contributed by atoms with van der Waals surface area (Å²) in [6.45, 7) is 23.4. The van der Waals surface area contributed by atoms with Crippen molar-refractivity contribution in [2.24, 2.45) is 34.5 Å². The molecule has 3 aliphatic carbocycles. The first-order chi connectivity index (χ1) is 24.0. The standard InChI is InChI=1S/C19H34O4.C14H14.C12H16O3/c1-8-17(2,3)16(20)23-13-10-11-9-12(13)15(19(6,7)22)14(11)18(4,5)21;1-9-10(2)13-8-4-6-11-5-3-7-12(9)14(11)13;1-4-12(2,3)11(14)15-10-7-5-9(13)6-8-10/h11-15,21-22H,8-10H2,1-7H3;3-10H,1-2H3;5-8,13H,4H2,1-3H3/t11-,12+,13+,14-,15+;;/m1../s1. The Morgan fingerprint density at radius 3 is 1.63 bits per heavy atom. The number of hydrogen-bond donors (Lipinski definition) is 3. The predicted molar refractivity (Wildman–Crippen MR) is 208 cm³/mol. The molecule has 0 radical (unpaired) electrons. The lowest BCUT2D eigenvalue weighted by Gasteiger charge is -2.46. The number of phenols is 1. The van der Waals surface area contributed by atoms with Crippen molar-refractivity contribution in [2.45, 2.75) is 138 Å². The van der Waals surface area contributed by atoms with Gasteiger partial charge in [0.2, 0.25) is 0 Å². The number of rotatable bonds is 8. The maximum Gasteiger partial charge on any atom is 0.316 e. The van der Waals surface area contributed by atoms with E-state index in [9.17, 15) is 19.8 Å². The topological polar surface area (TPSA) is 113 Å². The molecule has 52 heavy (non-hydrogen) atoms. The summed E-state index contributed by atoms with van der Waals surface area (Å²) in [4.78, 5) is 24.1. The first-order valence-corrected chi connectivity index (χ1v) is 19.2. The Bertz CT molecular complexity index is 1650. The number of carbonyl (C=O) groups is 2. The zero-order chi connectivity index (χ0) is 39.0. The highest BCUT2D eigenvalue weighted by Gasteiger charge is 2.61. The van der Waals surface area contributed by atoms with Crippen LogP contribution in [-0.2, 0) is 14.3 Å². The normalized spacial score (nSPS) is 25.2. The van der Waals surface area contributed by atoms with Crippen LogP contribution in [0.25, 0.3) is 10.8 Å². The van der Waals surface area contributed by atoms with E-state index >= 15 is 0 Å². The molecule has 7 nitrogen and oxygen atoms in total. The summed E-state index contributed by atoms with van der Waals surface area (Å²) >= 11 is 0. The van der Waals surface area contributed by atoms with Crippen molar-refractivity contribution in [1.82, 2.24) is 0 Å². The quantitative estimate of drug-likeness (QED) is 0.157. The Balaban J connectivity index is 0.000000182. The third kappa shape index (κ3) is 8.85. The molecule has 3 aromatic rings. The molecule has 0 aliphatic heterocycles. The third-order valence-corrected chi connectivity index (χ3v) is 12.5. The molecule has 0 amide bonds. The lowest BCUT2D eigenvalue weighted by atomic mass is 9.65. The highest BCUT2D eigenvalue weighted by molar-refractivity contribution is 5.92. The van der Waals surface area contributed by atoms with Gasteiger partial charge in [-0.1, -0.05) is 64.1 Å². The van der Waals surface area contributed by atoms with Gasteiger partial charge < -0.3 is 24.8 Å². The van der Waals surface area contributed by atoms with E-state index in [0.717, 1.165) is 25.7 Å². The number of aromatic hydroxyl groups is 1. The van der Waals surface area contributed by atoms with Gasteiger partial charge in [-0.15, -0.1) is 0 Å². The number of fused-ring (bicyclic) bond motifs is 2. The molecule has 0 spiro atoms. The highest BCUT2D eigenvalue weighted by atomic mass is 16.5. The summed E-state index contributed by atoms with van der Waals surface area (Å²) in [5.74, 6) is 2.00. The van der Waals surface area contributed by atoms with Crippen molar-refractivity contribution in [2.75, 3.05) is 0 Å². The fourth-order valence-electron chi connectivity index (χ4n) is 8.46. The van der Waals surface area contributed by atoms with E-state index in [1.54, 1.807) is 12.1 Å². The number of hydrogen-bond acceptors (Lipinski definition) is 7. The Morgan fingerprint density at radius 2 is 1.17 bits per heavy atom. The maximum atomic E-state index is 12.4. The van der Waals surface area contributed by atoms with Crippen LogP contribution in [0.2, 0.25) is 0 Å². The van der Waals surface area contributed by atoms with Crippen molar-refractivity contribution < 1.29 is 34.4 Å². The van der Waals surface area contributed by atoms with E-state index in [1.165, 1.54) is 34.0 Å². The summed E-state index contributed by atoms with van der Waals surface area (Å²) in [7, 11) is 0. The number of aliphatic hydroxyl groups is 2. The van der Waals surface area contributed by atoms with Crippen LogP contribution in [0.15, 0.2) is 60.7 Å². The van der Waals surface area contributed by atoms with Gasteiger partial charge in [0.05, 0.1) is 22.0 Å². The minimum atomic E-state index is -0.893. The van der Waals surface area contributed by atoms with Gasteiger partial charge >= 0.3 is 11.9 Å². The second-order valence-electron chi connectivity index (χ2n) is 17.9. The van der Waals surface area contributed by atoms with Gasteiger partial charge in [-0.2, -0.15) is 0 Å². The lowest BCUT2D eigenvalue weighted by molar-refractivity contribution is -0.172. The molecule has 2 fully saturated rings. The fraction of sp³-hybridized carbons (Fsp3) is 0.600. The maximum absolute atomic E-state index is 12.4. The van der Waals surface area contributed by atoms with Crippen molar-refractivity contribution >= 4 is 22.7 Å². The summed E-state index contributed by atoms with van der Waals surface area (Å²) in [5, 5.41) is 33.2. The average Bonchev–Trinajstić information content (AvgIpc) is 3.74. The number of ether oxygens (including phenoxy) is 2. The van der Waals surface area contributed by atoms with Gasteiger partial charge in [-0.05, 0) is 157 Å². The molecule has 2 bridgehead atoms. The average molecular weight is 717 g/mol. The van der Waals surface area contributed by atoms with E-state index in [4.69, 9.17) is 14.6 Å². The Hall–Kier alpha value is -3.42. The molecule has 7 heteroatoms. The molecule has 3 N–H and O–H groups in total. The molecule has 0 saturated heterocycles. The highest BCUT2D eigenvalue weighted by Crippen LogP contribution is 2.60. The summed E-state index contributed by atoms with van der Waals surface area (Å²) in [6.07, 6.45) is 3.07. The fourth-order valence-corrected chi connectivity index (χ4v) is 8.46. The molecule has 2 unspecified atom stereocenters.